The van der Waals surface area contributed by atoms with Crippen LogP contribution < -0.4 is 10.5 Å². The lowest BCUT2D eigenvalue weighted by Gasteiger charge is -2.35. The van der Waals surface area contributed by atoms with Gasteiger partial charge in [0.05, 0.1) is 7.11 Å². The molecule has 1 fully saturated rings. The fraction of sp³-hybridized carbons (Fsp3) is 0.625. The molecule has 20 heavy (non-hydrogen) atoms. The maximum absolute atomic E-state index is 13.6. The van der Waals surface area contributed by atoms with Crippen molar-refractivity contribution in [3.8, 4) is 5.75 Å². The standard InChI is InChI=1S/C16H25FN2O/c1-3-19-8-6-12(7-9-19)15(11-18)14-10-13(17)4-5-16(14)20-2/h4-5,10,12,15H,3,6-9,11,18H2,1-2H3. The van der Waals surface area contributed by atoms with Crippen LogP contribution in [0.25, 0.3) is 0 Å². The highest BCUT2D eigenvalue weighted by Gasteiger charge is 2.28. The van der Waals surface area contributed by atoms with E-state index in [9.17, 15) is 4.39 Å². The van der Waals surface area contributed by atoms with E-state index in [0.717, 1.165) is 43.8 Å². The second kappa shape index (κ2) is 7.04. The number of rotatable bonds is 5. The van der Waals surface area contributed by atoms with E-state index in [0.29, 0.717) is 12.5 Å². The largest absolute Gasteiger partial charge is 0.496 e. The lowest BCUT2D eigenvalue weighted by Crippen LogP contribution is -2.37. The maximum Gasteiger partial charge on any atom is 0.123 e. The second-order valence-corrected chi connectivity index (χ2v) is 5.50. The summed E-state index contributed by atoms with van der Waals surface area (Å²) >= 11 is 0. The Hall–Kier alpha value is -1.13. The normalized spacial score (nSPS) is 19.0. The molecule has 2 N–H and O–H groups in total. The third-order valence-electron chi connectivity index (χ3n) is 4.49. The molecule has 1 unspecified atom stereocenters. The molecule has 0 amide bonds. The second-order valence-electron chi connectivity index (χ2n) is 5.50. The van der Waals surface area contributed by atoms with E-state index in [4.69, 9.17) is 10.5 Å². The first-order valence-electron chi connectivity index (χ1n) is 7.45. The average Bonchev–Trinajstić information content (AvgIpc) is 2.49. The van der Waals surface area contributed by atoms with E-state index in [1.54, 1.807) is 19.2 Å². The third-order valence-corrected chi connectivity index (χ3v) is 4.49. The summed E-state index contributed by atoms with van der Waals surface area (Å²) in [4.78, 5) is 2.45. The predicted octanol–water partition coefficient (Wildman–Crippen LogP) is 2.61. The van der Waals surface area contributed by atoms with Crippen molar-refractivity contribution in [1.29, 1.82) is 0 Å². The fourth-order valence-electron chi connectivity index (χ4n) is 3.24. The van der Waals surface area contributed by atoms with Gasteiger partial charge in [0.25, 0.3) is 0 Å². The zero-order chi connectivity index (χ0) is 14.5. The van der Waals surface area contributed by atoms with Crippen molar-refractivity contribution in [2.24, 2.45) is 11.7 Å². The minimum absolute atomic E-state index is 0.180. The fourth-order valence-corrected chi connectivity index (χ4v) is 3.24. The van der Waals surface area contributed by atoms with Gasteiger partial charge in [-0.15, -0.1) is 0 Å². The Balaban J connectivity index is 2.18. The number of nitrogens with zero attached hydrogens (tertiary/aromatic N) is 1. The van der Waals surface area contributed by atoms with Crippen LogP contribution in [-0.2, 0) is 0 Å². The van der Waals surface area contributed by atoms with Crippen molar-refractivity contribution in [2.45, 2.75) is 25.7 Å². The van der Waals surface area contributed by atoms with Gasteiger partial charge in [-0.05, 0) is 63.1 Å². The molecule has 0 saturated carbocycles. The van der Waals surface area contributed by atoms with Gasteiger partial charge in [-0.25, -0.2) is 4.39 Å². The minimum Gasteiger partial charge on any atom is -0.496 e. The van der Waals surface area contributed by atoms with Gasteiger partial charge < -0.3 is 15.4 Å². The van der Waals surface area contributed by atoms with Gasteiger partial charge in [0, 0.05) is 11.5 Å². The van der Waals surface area contributed by atoms with Crippen LogP contribution in [0.4, 0.5) is 4.39 Å². The Morgan fingerprint density at radius 3 is 2.65 bits per heavy atom. The lowest BCUT2D eigenvalue weighted by atomic mass is 9.79. The molecule has 1 aromatic rings. The number of halogens is 1. The molecular formula is C16H25FN2O. The molecule has 1 saturated heterocycles. The highest BCUT2D eigenvalue weighted by Crippen LogP contribution is 2.36. The van der Waals surface area contributed by atoms with E-state index in [2.05, 4.69) is 11.8 Å². The first kappa shape index (κ1) is 15.3. The molecule has 1 aliphatic heterocycles. The van der Waals surface area contributed by atoms with Crippen LogP contribution in [0.3, 0.4) is 0 Å². The first-order chi connectivity index (χ1) is 9.69. The average molecular weight is 280 g/mol. The highest BCUT2D eigenvalue weighted by atomic mass is 19.1. The summed E-state index contributed by atoms with van der Waals surface area (Å²) in [5.74, 6) is 1.23. The summed E-state index contributed by atoms with van der Waals surface area (Å²) < 4.78 is 18.9. The van der Waals surface area contributed by atoms with Crippen LogP contribution in [-0.4, -0.2) is 38.2 Å². The third kappa shape index (κ3) is 3.30. The van der Waals surface area contributed by atoms with Crippen molar-refractivity contribution in [2.75, 3.05) is 33.3 Å². The molecule has 4 heteroatoms. The summed E-state index contributed by atoms with van der Waals surface area (Å²) in [6.45, 7) is 6.04. The molecule has 3 nitrogen and oxygen atoms in total. The number of ether oxygens (including phenoxy) is 1. The van der Waals surface area contributed by atoms with Crippen LogP contribution >= 0.6 is 0 Å². The zero-order valence-corrected chi connectivity index (χ0v) is 12.4. The minimum atomic E-state index is -0.217. The summed E-state index contributed by atoms with van der Waals surface area (Å²) in [7, 11) is 1.63. The van der Waals surface area contributed by atoms with Gasteiger partial charge in [-0.2, -0.15) is 0 Å². The number of piperidine rings is 1. The Morgan fingerprint density at radius 2 is 2.10 bits per heavy atom. The number of likely N-dealkylation sites (tertiary alicyclic amines) is 1. The molecule has 0 radical (unpaired) electrons. The van der Waals surface area contributed by atoms with Gasteiger partial charge in [0.1, 0.15) is 11.6 Å². The van der Waals surface area contributed by atoms with E-state index in [1.807, 2.05) is 0 Å². The Kier molecular flexibility index (Phi) is 5.38. The first-order valence-corrected chi connectivity index (χ1v) is 7.45. The zero-order valence-electron chi connectivity index (χ0n) is 12.4. The van der Waals surface area contributed by atoms with Crippen molar-refractivity contribution in [3.63, 3.8) is 0 Å². The summed E-state index contributed by atoms with van der Waals surface area (Å²) in [5.41, 5.74) is 6.91. The smallest absolute Gasteiger partial charge is 0.123 e. The molecule has 1 aromatic carbocycles. The molecule has 1 aliphatic rings. The van der Waals surface area contributed by atoms with E-state index < -0.39 is 0 Å². The molecule has 1 heterocycles. The number of nitrogens with two attached hydrogens (primary N) is 1. The topological polar surface area (TPSA) is 38.5 Å². The highest BCUT2D eigenvalue weighted by molar-refractivity contribution is 5.37. The van der Waals surface area contributed by atoms with Crippen molar-refractivity contribution in [3.05, 3.63) is 29.6 Å². The molecular weight excluding hydrogens is 255 g/mol. The Morgan fingerprint density at radius 1 is 1.40 bits per heavy atom. The summed E-state index contributed by atoms with van der Waals surface area (Å²) in [5, 5.41) is 0. The van der Waals surface area contributed by atoms with Gasteiger partial charge in [0.15, 0.2) is 0 Å². The monoisotopic (exact) mass is 280 g/mol. The summed E-state index contributed by atoms with van der Waals surface area (Å²) in [6.07, 6.45) is 2.24. The van der Waals surface area contributed by atoms with Crippen LogP contribution in [0.2, 0.25) is 0 Å². The molecule has 0 aliphatic carbocycles. The SMILES string of the molecule is CCN1CCC(C(CN)c2cc(F)ccc2OC)CC1. The van der Waals surface area contributed by atoms with Crippen LogP contribution in [0.1, 0.15) is 31.2 Å². The maximum atomic E-state index is 13.6. The van der Waals surface area contributed by atoms with Gasteiger partial charge in [-0.1, -0.05) is 6.92 Å². The number of methoxy groups -OCH3 is 1. The van der Waals surface area contributed by atoms with Crippen LogP contribution in [0.15, 0.2) is 18.2 Å². The molecule has 1 atom stereocenters. The van der Waals surface area contributed by atoms with Gasteiger partial charge in [0.2, 0.25) is 0 Å². The molecule has 0 spiro atoms. The summed E-state index contributed by atoms with van der Waals surface area (Å²) in [6, 6.07) is 4.73. The van der Waals surface area contributed by atoms with Crippen molar-refractivity contribution < 1.29 is 9.13 Å². The van der Waals surface area contributed by atoms with Crippen LogP contribution in [0, 0.1) is 11.7 Å². The van der Waals surface area contributed by atoms with Gasteiger partial charge in [-0.3, -0.25) is 0 Å². The molecule has 0 bridgehead atoms. The van der Waals surface area contributed by atoms with E-state index in [-0.39, 0.29) is 11.7 Å². The number of hydrogen-bond acceptors (Lipinski definition) is 3. The lowest BCUT2D eigenvalue weighted by molar-refractivity contribution is 0.175. The van der Waals surface area contributed by atoms with Crippen molar-refractivity contribution >= 4 is 0 Å². The quantitative estimate of drug-likeness (QED) is 0.901. The predicted molar refractivity (Wildman–Crippen MR) is 79.6 cm³/mol. The Labute approximate surface area is 120 Å². The van der Waals surface area contributed by atoms with E-state index >= 15 is 0 Å². The molecule has 0 aromatic heterocycles. The molecule has 2 rings (SSSR count). The van der Waals surface area contributed by atoms with Crippen LogP contribution in [0.5, 0.6) is 5.75 Å². The van der Waals surface area contributed by atoms with Crippen molar-refractivity contribution in [1.82, 2.24) is 4.90 Å². The Bertz CT molecular complexity index is 430. The molecule has 112 valence electrons. The van der Waals surface area contributed by atoms with Gasteiger partial charge >= 0.3 is 0 Å². The number of hydrogen-bond donors (Lipinski definition) is 1. The van der Waals surface area contributed by atoms with E-state index in [1.165, 1.54) is 6.07 Å². The number of benzene rings is 1.